The van der Waals surface area contributed by atoms with Crippen molar-refractivity contribution in [1.82, 2.24) is 24.3 Å². The maximum absolute atomic E-state index is 12.5. The van der Waals surface area contributed by atoms with E-state index >= 15 is 0 Å². The molecule has 2 aliphatic rings. The number of fused-ring (bicyclic) bond motifs is 1. The van der Waals surface area contributed by atoms with E-state index in [1.165, 1.54) is 21.7 Å². The molecule has 0 spiro atoms. The Morgan fingerprint density at radius 2 is 1.65 bits per heavy atom. The Hall–Kier alpha value is -3.49. The van der Waals surface area contributed by atoms with Crippen LogP contribution in [0.25, 0.3) is 11.3 Å². The standard InChI is InChI=1S/C36H40ClN5O3S/c1-46(43,44)41-19-16-35-33(27-41)36(39-42(35)18-5-17-40-20-22-45-23-21-40)32-14-15-34(37)31(24-32)13-12-28-8-10-30(11-9-28)26-38-25-29-6-3-2-4-7-29/h2-4,6-11,14-15,24,38H,5,16-23,25-27H2,1H3. The van der Waals surface area contributed by atoms with Gasteiger partial charge in [0.1, 0.15) is 0 Å². The summed E-state index contributed by atoms with van der Waals surface area (Å²) in [6.45, 7) is 7.59. The molecule has 3 aromatic carbocycles. The number of hydrogen-bond donors (Lipinski definition) is 1. The fraction of sp³-hybridized carbons (Fsp3) is 0.361. The molecule has 10 heteroatoms. The lowest BCUT2D eigenvalue weighted by molar-refractivity contribution is 0.0368. The Kier molecular flexibility index (Phi) is 10.5. The molecule has 4 aromatic rings. The highest BCUT2D eigenvalue weighted by atomic mass is 35.5. The van der Waals surface area contributed by atoms with Crippen molar-refractivity contribution in [3.63, 3.8) is 0 Å². The molecule has 0 radical (unpaired) electrons. The van der Waals surface area contributed by atoms with Crippen molar-refractivity contribution >= 4 is 21.6 Å². The predicted octanol–water partition coefficient (Wildman–Crippen LogP) is 4.93. The molecule has 0 bridgehead atoms. The molecule has 1 fully saturated rings. The van der Waals surface area contributed by atoms with Gasteiger partial charge in [-0.2, -0.15) is 9.40 Å². The molecule has 2 aliphatic heterocycles. The first kappa shape index (κ1) is 32.5. The number of benzene rings is 3. The lowest BCUT2D eigenvalue weighted by atomic mass is 10.0. The number of nitrogens with one attached hydrogen (secondary N) is 1. The van der Waals surface area contributed by atoms with Crippen molar-refractivity contribution in [2.24, 2.45) is 0 Å². The molecule has 3 heterocycles. The minimum absolute atomic E-state index is 0.309. The van der Waals surface area contributed by atoms with Crippen molar-refractivity contribution in [1.29, 1.82) is 0 Å². The van der Waals surface area contributed by atoms with E-state index in [1.54, 1.807) is 0 Å². The van der Waals surface area contributed by atoms with Crippen LogP contribution in [0, 0.1) is 11.8 Å². The molecule has 46 heavy (non-hydrogen) atoms. The van der Waals surface area contributed by atoms with E-state index in [1.807, 2.05) is 48.5 Å². The maximum atomic E-state index is 12.5. The monoisotopic (exact) mass is 657 g/mol. The first-order valence-corrected chi connectivity index (χ1v) is 18.1. The Morgan fingerprint density at radius 3 is 2.39 bits per heavy atom. The molecule has 0 aliphatic carbocycles. The first-order chi connectivity index (χ1) is 22.3. The SMILES string of the molecule is CS(=O)(=O)N1CCc2c(c(-c3ccc(Cl)c(C#Cc4ccc(CNCc5ccccc5)cc4)c3)nn2CCCN2CCOCC2)C1. The molecular formula is C36H40ClN5O3S. The highest BCUT2D eigenvalue weighted by molar-refractivity contribution is 7.88. The van der Waals surface area contributed by atoms with Gasteiger partial charge in [-0.15, -0.1) is 0 Å². The average molecular weight is 658 g/mol. The zero-order chi connectivity index (χ0) is 31.9. The summed E-state index contributed by atoms with van der Waals surface area (Å²) in [6.07, 6.45) is 2.86. The first-order valence-electron chi connectivity index (χ1n) is 15.8. The highest BCUT2D eigenvalue weighted by Gasteiger charge is 2.30. The van der Waals surface area contributed by atoms with Gasteiger partial charge in [0.15, 0.2) is 0 Å². The summed E-state index contributed by atoms with van der Waals surface area (Å²) in [7, 11) is -3.33. The lowest BCUT2D eigenvalue weighted by Crippen LogP contribution is -2.37. The van der Waals surface area contributed by atoms with Gasteiger partial charge in [0, 0.05) is 86.7 Å². The Bertz CT molecular complexity index is 1810. The summed E-state index contributed by atoms with van der Waals surface area (Å²) in [5.41, 5.74) is 7.80. The number of morpholine rings is 1. The summed E-state index contributed by atoms with van der Waals surface area (Å²) in [5.74, 6) is 6.52. The molecule has 0 atom stereocenters. The van der Waals surface area contributed by atoms with Gasteiger partial charge in [-0.25, -0.2) is 8.42 Å². The highest BCUT2D eigenvalue weighted by Crippen LogP contribution is 2.33. The minimum atomic E-state index is -3.33. The molecule has 1 N–H and O–H groups in total. The number of hydrogen-bond acceptors (Lipinski definition) is 6. The summed E-state index contributed by atoms with van der Waals surface area (Å²) >= 11 is 6.62. The molecule has 0 saturated carbocycles. The van der Waals surface area contributed by atoms with Crippen LogP contribution in [-0.4, -0.2) is 73.1 Å². The number of halogens is 1. The third-order valence-electron chi connectivity index (χ3n) is 8.55. The van der Waals surface area contributed by atoms with Crippen LogP contribution >= 0.6 is 11.6 Å². The normalized spacial score (nSPS) is 15.7. The van der Waals surface area contributed by atoms with Crippen LogP contribution in [0.2, 0.25) is 5.02 Å². The van der Waals surface area contributed by atoms with Crippen LogP contribution in [0.1, 0.15) is 39.9 Å². The zero-order valence-electron chi connectivity index (χ0n) is 26.2. The van der Waals surface area contributed by atoms with Gasteiger partial charge in [0.25, 0.3) is 0 Å². The smallest absolute Gasteiger partial charge is 0.211 e. The Balaban J connectivity index is 1.19. The topological polar surface area (TPSA) is 79.7 Å². The second-order valence-corrected chi connectivity index (χ2v) is 14.3. The van der Waals surface area contributed by atoms with E-state index in [2.05, 4.69) is 51.0 Å². The Labute approximate surface area is 277 Å². The number of nitrogens with zero attached hydrogens (tertiary/aromatic N) is 4. The molecule has 0 unspecified atom stereocenters. The number of sulfonamides is 1. The second-order valence-electron chi connectivity index (χ2n) is 11.9. The molecule has 1 saturated heterocycles. The fourth-order valence-electron chi connectivity index (χ4n) is 6.00. The molecule has 0 amide bonds. The van der Waals surface area contributed by atoms with Crippen LogP contribution < -0.4 is 5.32 Å². The number of rotatable bonds is 10. The van der Waals surface area contributed by atoms with Gasteiger partial charge in [0.05, 0.1) is 30.2 Å². The summed E-state index contributed by atoms with van der Waals surface area (Å²) in [4.78, 5) is 2.42. The second kappa shape index (κ2) is 14.9. The molecular weight excluding hydrogens is 618 g/mol. The van der Waals surface area contributed by atoms with Crippen LogP contribution in [0.5, 0.6) is 0 Å². The van der Waals surface area contributed by atoms with Crippen molar-refractivity contribution in [2.75, 3.05) is 45.6 Å². The summed E-state index contributed by atoms with van der Waals surface area (Å²) in [5, 5.41) is 9.10. The quantitative estimate of drug-likeness (QED) is 0.244. The van der Waals surface area contributed by atoms with Gasteiger partial charge < -0.3 is 10.1 Å². The minimum Gasteiger partial charge on any atom is -0.379 e. The van der Waals surface area contributed by atoms with Crippen LogP contribution in [0.15, 0.2) is 72.8 Å². The predicted molar refractivity (Wildman–Crippen MR) is 183 cm³/mol. The Morgan fingerprint density at radius 1 is 0.913 bits per heavy atom. The van der Waals surface area contributed by atoms with E-state index in [9.17, 15) is 8.42 Å². The number of aryl methyl sites for hydroxylation is 1. The van der Waals surface area contributed by atoms with Crippen LogP contribution in [-0.2, 0) is 47.4 Å². The van der Waals surface area contributed by atoms with E-state index in [-0.39, 0.29) is 0 Å². The third-order valence-corrected chi connectivity index (χ3v) is 10.1. The van der Waals surface area contributed by atoms with E-state index < -0.39 is 10.0 Å². The molecule has 8 nitrogen and oxygen atoms in total. The van der Waals surface area contributed by atoms with Gasteiger partial charge in [-0.1, -0.05) is 72.0 Å². The van der Waals surface area contributed by atoms with E-state index in [4.69, 9.17) is 21.4 Å². The van der Waals surface area contributed by atoms with Gasteiger partial charge in [-0.3, -0.25) is 9.58 Å². The third kappa shape index (κ3) is 8.26. The van der Waals surface area contributed by atoms with Gasteiger partial charge in [0.2, 0.25) is 10.0 Å². The summed E-state index contributed by atoms with van der Waals surface area (Å²) in [6, 6.07) is 24.4. The van der Waals surface area contributed by atoms with Gasteiger partial charge >= 0.3 is 0 Å². The lowest BCUT2D eigenvalue weighted by Gasteiger charge is -2.27. The molecule has 6 rings (SSSR count). The molecule has 1 aromatic heterocycles. The maximum Gasteiger partial charge on any atom is 0.211 e. The van der Waals surface area contributed by atoms with Crippen molar-refractivity contribution in [3.8, 4) is 23.1 Å². The largest absolute Gasteiger partial charge is 0.379 e. The van der Waals surface area contributed by atoms with E-state index in [0.717, 1.165) is 87.0 Å². The number of aromatic nitrogens is 2. The summed E-state index contributed by atoms with van der Waals surface area (Å²) < 4.78 is 34.1. The van der Waals surface area contributed by atoms with Crippen molar-refractivity contribution < 1.29 is 13.2 Å². The fourth-order valence-corrected chi connectivity index (χ4v) is 6.95. The van der Waals surface area contributed by atoms with Crippen molar-refractivity contribution in [3.05, 3.63) is 111 Å². The van der Waals surface area contributed by atoms with Crippen LogP contribution in [0.4, 0.5) is 0 Å². The molecule has 240 valence electrons. The van der Waals surface area contributed by atoms with E-state index in [0.29, 0.717) is 30.1 Å². The number of ether oxygens (including phenoxy) is 1. The van der Waals surface area contributed by atoms with Crippen molar-refractivity contribution in [2.45, 2.75) is 39.0 Å². The van der Waals surface area contributed by atoms with Gasteiger partial charge in [-0.05, 0) is 41.8 Å². The average Bonchev–Trinajstić information content (AvgIpc) is 3.43. The zero-order valence-corrected chi connectivity index (χ0v) is 27.8. The van der Waals surface area contributed by atoms with Crippen LogP contribution in [0.3, 0.4) is 0 Å².